The van der Waals surface area contributed by atoms with Gasteiger partial charge in [0.25, 0.3) is 0 Å². The molecule has 1 aromatic carbocycles. The van der Waals surface area contributed by atoms with E-state index in [2.05, 4.69) is 24.3 Å². The molecule has 0 aromatic heterocycles. The van der Waals surface area contributed by atoms with Crippen molar-refractivity contribution in [3.63, 3.8) is 0 Å². The third-order valence-corrected chi connectivity index (χ3v) is 3.77. The number of hydrogen-bond acceptors (Lipinski definition) is 2. The molecular weight excluding hydrogens is 254 g/mol. The Morgan fingerprint density at radius 1 is 1.32 bits per heavy atom. The first-order valence-corrected chi connectivity index (χ1v) is 7.36. The van der Waals surface area contributed by atoms with Gasteiger partial charge in [0.1, 0.15) is 0 Å². The zero-order valence-electron chi connectivity index (χ0n) is 11.5. The quantitative estimate of drug-likeness (QED) is 0.845. The number of anilines is 1. The van der Waals surface area contributed by atoms with Gasteiger partial charge >= 0.3 is 0 Å². The minimum absolute atomic E-state index is 0.402. The van der Waals surface area contributed by atoms with Crippen LogP contribution >= 0.6 is 12.2 Å². The van der Waals surface area contributed by atoms with Crippen LogP contribution in [0.5, 0.6) is 0 Å². The molecule has 2 unspecified atom stereocenters. The molecule has 1 aliphatic rings. The van der Waals surface area contributed by atoms with Gasteiger partial charge in [-0.2, -0.15) is 5.10 Å². The molecule has 0 amide bonds. The lowest BCUT2D eigenvalue weighted by atomic mass is 9.95. The zero-order chi connectivity index (χ0) is 13.7. The number of para-hydroxylation sites is 1. The van der Waals surface area contributed by atoms with Crippen LogP contribution in [0, 0.1) is 5.92 Å². The molecule has 2 rings (SSSR count). The van der Waals surface area contributed by atoms with Crippen LogP contribution in [-0.4, -0.2) is 22.4 Å². The average Bonchev–Trinajstić information content (AvgIpc) is 2.83. The Kier molecular flexibility index (Phi) is 4.91. The zero-order valence-corrected chi connectivity index (χ0v) is 12.4. The Balaban J connectivity index is 2.04. The predicted octanol–water partition coefficient (Wildman–Crippen LogP) is 3.88. The van der Waals surface area contributed by atoms with Crippen molar-refractivity contribution in [3.05, 3.63) is 30.3 Å². The summed E-state index contributed by atoms with van der Waals surface area (Å²) in [6.07, 6.45) is 5.42. The van der Waals surface area contributed by atoms with Gasteiger partial charge in [0.05, 0.1) is 6.04 Å². The van der Waals surface area contributed by atoms with E-state index in [4.69, 9.17) is 12.2 Å². The molecule has 0 aliphatic carbocycles. The summed E-state index contributed by atoms with van der Waals surface area (Å²) >= 11 is 5.49. The number of thiocarbonyl (C=S) groups is 1. The second kappa shape index (κ2) is 6.66. The maximum atomic E-state index is 5.49. The maximum Gasteiger partial charge on any atom is 0.194 e. The fourth-order valence-electron chi connectivity index (χ4n) is 2.44. The molecule has 3 nitrogen and oxygen atoms in total. The Morgan fingerprint density at radius 3 is 2.68 bits per heavy atom. The highest BCUT2D eigenvalue weighted by Crippen LogP contribution is 2.25. The van der Waals surface area contributed by atoms with E-state index in [1.807, 2.05) is 41.6 Å². The Labute approximate surface area is 120 Å². The number of nitrogens with one attached hydrogen (secondary N) is 1. The highest BCUT2D eigenvalue weighted by atomic mass is 32.1. The molecule has 0 saturated heterocycles. The van der Waals surface area contributed by atoms with Gasteiger partial charge in [0.2, 0.25) is 0 Å². The lowest BCUT2D eigenvalue weighted by molar-refractivity contribution is 0.291. The van der Waals surface area contributed by atoms with E-state index < -0.39 is 0 Å². The first-order valence-electron chi connectivity index (χ1n) is 6.95. The number of hydrazone groups is 1. The summed E-state index contributed by atoms with van der Waals surface area (Å²) in [5.41, 5.74) is 1.01. The Hall–Kier alpha value is -1.42. The van der Waals surface area contributed by atoms with E-state index in [9.17, 15) is 0 Å². The van der Waals surface area contributed by atoms with Crippen molar-refractivity contribution in [2.45, 2.75) is 39.2 Å². The topological polar surface area (TPSA) is 27.6 Å². The number of nitrogens with zero attached hydrogens (tertiary/aromatic N) is 2. The van der Waals surface area contributed by atoms with Crippen LogP contribution in [0.2, 0.25) is 0 Å². The van der Waals surface area contributed by atoms with Crippen molar-refractivity contribution in [2.24, 2.45) is 11.0 Å². The minimum atomic E-state index is 0.402. The van der Waals surface area contributed by atoms with Gasteiger partial charge in [0.15, 0.2) is 5.11 Å². The maximum absolute atomic E-state index is 5.49. The van der Waals surface area contributed by atoms with Gasteiger partial charge < -0.3 is 5.32 Å². The minimum Gasteiger partial charge on any atom is -0.331 e. The van der Waals surface area contributed by atoms with Gasteiger partial charge in [-0.1, -0.05) is 38.5 Å². The first-order chi connectivity index (χ1) is 9.26. The van der Waals surface area contributed by atoms with Crippen molar-refractivity contribution < 1.29 is 0 Å². The molecule has 0 fully saturated rings. The van der Waals surface area contributed by atoms with E-state index >= 15 is 0 Å². The average molecular weight is 275 g/mol. The fraction of sp³-hybridized carbons (Fsp3) is 0.467. The second-order valence-electron chi connectivity index (χ2n) is 4.83. The lowest BCUT2D eigenvalue weighted by Gasteiger charge is -2.27. The molecule has 0 bridgehead atoms. The molecule has 0 saturated carbocycles. The molecule has 2 atom stereocenters. The van der Waals surface area contributed by atoms with Crippen LogP contribution < -0.4 is 5.32 Å². The number of hydrogen-bond donors (Lipinski definition) is 1. The van der Waals surface area contributed by atoms with Crippen LogP contribution in [0.25, 0.3) is 0 Å². The van der Waals surface area contributed by atoms with E-state index in [-0.39, 0.29) is 0 Å². The lowest BCUT2D eigenvalue weighted by Crippen LogP contribution is -2.39. The van der Waals surface area contributed by atoms with Gasteiger partial charge in [-0.25, -0.2) is 5.01 Å². The van der Waals surface area contributed by atoms with Crippen molar-refractivity contribution in [3.8, 4) is 0 Å². The third kappa shape index (κ3) is 3.32. The van der Waals surface area contributed by atoms with Crippen LogP contribution in [0.1, 0.15) is 33.1 Å². The molecular formula is C15H21N3S. The van der Waals surface area contributed by atoms with Gasteiger partial charge in [-0.15, -0.1) is 0 Å². The standard InChI is InChI=1S/C15H21N3S/c1-3-8-14-12(4-2)11-16-18(14)15(19)17-13-9-6-5-7-10-13/h5-7,9-12,14H,3-4,8H2,1-2H3,(H,17,19). The molecule has 1 heterocycles. The van der Waals surface area contributed by atoms with Crippen LogP contribution in [0.4, 0.5) is 5.69 Å². The van der Waals surface area contributed by atoms with Crippen molar-refractivity contribution in [2.75, 3.05) is 5.32 Å². The summed E-state index contributed by atoms with van der Waals surface area (Å²) in [7, 11) is 0. The van der Waals surface area contributed by atoms with Crippen LogP contribution in [-0.2, 0) is 0 Å². The van der Waals surface area contributed by atoms with Crippen LogP contribution in [0.15, 0.2) is 35.4 Å². The molecule has 0 radical (unpaired) electrons. The fourth-order valence-corrected chi connectivity index (χ4v) is 2.74. The van der Waals surface area contributed by atoms with Gasteiger partial charge in [0, 0.05) is 17.8 Å². The molecule has 0 spiro atoms. The first kappa shape index (κ1) is 14.0. The smallest absolute Gasteiger partial charge is 0.194 e. The Bertz CT molecular complexity index is 444. The molecule has 4 heteroatoms. The number of benzene rings is 1. The molecule has 1 N–H and O–H groups in total. The molecule has 102 valence electrons. The summed E-state index contributed by atoms with van der Waals surface area (Å²) in [6, 6.07) is 10.4. The molecule has 1 aliphatic heterocycles. The summed E-state index contributed by atoms with van der Waals surface area (Å²) in [4.78, 5) is 0. The third-order valence-electron chi connectivity index (χ3n) is 3.48. The largest absolute Gasteiger partial charge is 0.331 e. The second-order valence-corrected chi connectivity index (χ2v) is 5.22. The van der Waals surface area contributed by atoms with E-state index in [0.717, 1.165) is 24.9 Å². The van der Waals surface area contributed by atoms with Crippen LogP contribution in [0.3, 0.4) is 0 Å². The highest BCUT2D eigenvalue weighted by molar-refractivity contribution is 7.80. The van der Waals surface area contributed by atoms with E-state index in [1.165, 1.54) is 0 Å². The normalized spacial score (nSPS) is 21.7. The van der Waals surface area contributed by atoms with Crippen molar-refractivity contribution >= 4 is 29.2 Å². The van der Waals surface area contributed by atoms with Gasteiger partial charge in [-0.05, 0) is 37.2 Å². The molecule has 19 heavy (non-hydrogen) atoms. The number of rotatable bonds is 4. The summed E-state index contributed by atoms with van der Waals surface area (Å²) in [5.74, 6) is 0.510. The van der Waals surface area contributed by atoms with E-state index in [1.54, 1.807) is 0 Å². The molecule has 1 aromatic rings. The SMILES string of the molecule is CCCC1C(CC)C=NN1C(=S)Nc1ccccc1. The van der Waals surface area contributed by atoms with Gasteiger partial charge in [-0.3, -0.25) is 0 Å². The van der Waals surface area contributed by atoms with Crippen molar-refractivity contribution in [1.29, 1.82) is 0 Å². The highest BCUT2D eigenvalue weighted by Gasteiger charge is 2.31. The van der Waals surface area contributed by atoms with E-state index in [0.29, 0.717) is 17.1 Å². The monoisotopic (exact) mass is 275 g/mol. The summed E-state index contributed by atoms with van der Waals surface area (Å²) < 4.78 is 0. The summed E-state index contributed by atoms with van der Waals surface area (Å²) in [5, 5.41) is 10.4. The summed E-state index contributed by atoms with van der Waals surface area (Å²) in [6.45, 7) is 4.41. The van der Waals surface area contributed by atoms with Crippen molar-refractivity contribution in [1.82, 2.24) is 5.01 Å². The predicted molar refractivity (Wildman–Crippen MR) is 85.5 cm³/mol. The Morgan fingerprint density at radius 2 is 2.05 bits per heavy atom.